The highest BCUT2D eigenvalue weighted by molar-refractivity contribution is 9.43. The summed E-state index contributed by atoms with van der Waals surface area (Å²) in [5.74, 6) is 0. The predicted octanol–water partition coefficient (Wildman–Crippen LogP) is 5.52. The first-order chi connectivity index (χ1) is 9.79. The number of benzene rings is 1. The molecule has 0 bridgehead atoms. The maximum Gasteiger partial charge on any atom is 0.222 e. The molecular formula is C12H16NS7+. The van der Waals surface area contributed by atoms with Crippen molar-refractivity contribution in [2.75, 3.05) is 6.54 Å². The minimum atomic E-state index is -0.151. The van der Waals surface area contributed by atoms with E-state index in [1.165, 1.54) is 18.4 Å². The van der Waals surface area contributed by atoms with Gasteiger partial charge in [-0.3, -0.25) is 0 Å². The average molecular weight is 399 g/mol. The minimum absolute atomic E-state index is 0.151. The SMILES string of the molecule is CCCC[NH2+][C@]1(c2ccccc2)SSSSSSC1=S. The zero-order chi connectivity index (χ0) is 14.3. The van der Waals surface area contributed by atoms with Gasteiger partial charge in [0.05, 0.1) is 6.54 Å². The monoisotopic (exact) mass is 398 g/mol. The van der Waals surface area contributed by atoms with Crippen LogP contribution in [0.15, 0.2) is 30.3 Å². The topological polar surface area (TPSA) is 16.6 Å². The van der Waals surface area contributed by atoms with Gasteiger partial charge in [-0.25, -0.2) is 0 Å². The summed E-state index contributed by atoms with van der Waals surface area (Å²) in [4.78, 5) is -0.151. The van der Waals surface area contributed by atoms with Crippen molar-refractivity contribution in [1.82, 2.24) is 0 Å². The van der Waals surface area contributed by atoms with Crippen LogP contribution in [0.4, 0.5) is 0 Å². The van der Waals surface area contributed by atoms with Gasteiger partial charge in [-0.1, -0.05) is 55.9 Å². The average Bonchev–Trinajstić information content (AvgIpc) is 2.47. The maximum absolute atomic E-state index is 5.77. The van der Waals surface area contributed by atoms with Crippen molar-refractivity contribution in [2.45, 2.75) is 24.6 Å². The molecule has 0 saturated carbocycles. The maximum atomic E-state index is 5.77. The van der Waals surface area contributed by atoms with E-state index in [2.05, 4.69) is 42.6 Å². The molecule has 20 heavy (non-hydrogen) atoms. The number of hydrogen-bond acceptors (Lipinski definition) is 7. The van der Waals surface area contributed by atoms with Gasteiger partial charge in [0, 0.05) is 5.56 Å². The quantitative estimate of drug-likeness (QED) is 0.394. The summed E-state index contributed by atoms with van der Waals surface area (Å²) in [5.41, 5.74) is 1.30. The molecule has 1 saturated heterocycles. The summed E-state index contributed by atoms with van der Waals surface area (Å²) < 4.78 is 1.06. The number of nitrogens with two attached hydrogens (primary N) is 1. The third kappa shape index (κ3) is 4.68. The van der Waals surface area contributed by atoms with E-state index in [0.717, 1.165) is 10.7 Å². The second-order valence-corrected chi connectivity index (χ2v) is 14.3. The zero-order valence-electron chi connectivity index (χ0n) is 10.9. The number of unbranched alkanes of at least 4 members (excludes halogenated alkanes) is 1. The largest absolute Gasteiger partial charge is 0.323 e. The smallest absolute Gasteiger partial charge is 0.222 e. The number of thiocarbonyl (C=S) groups is 1. The lowest BCUT2D eigenvalue weighted by atomic mass is 10.1. The predicted molar refractivity (Wildman–Crippen MR) is 108 cm³/mol. The molecule has 0 aliphatic carbocycles. The first-order valence-corrected chi connectivity index (χ1v) is 14.2. The Kier molecular flexibility index (Phi) is 8.41. The van der Waals surface area contributed by atoms with E-state index >= 15 is 0 Å². The lowest BCUT2D eigenvalue weighted by Gasteiger charge is -2.31. The molecule has 1 heterocycles. The van der Waals surface area contributed by atoms with E-state index in [0.29, 0.717) is 0 Å². The Hall–Kier alpha value is 1.37. The molecule has 1 fully saturated rings. The van der Waals surface area contributed by atoms with Crippen LogP contribution in [0.5, 0.6) is 0 Å². The fraction of sp³-hybridized carbons (Fsp3) is 0.417. The Labute approximate surface area is 148 Å². The molecule has 1 aromatic rings. The van der Waals surface area contributed by atoms with Gasteiger partial charge < -0.3 is 5.32 Å². The molecule has 1 nitrogen and oxygen atoms in total. The Balaban J connectivity index is 2.27. The molecule has 0 spiro atoms. The first-order valence-electron chi connectivity index (χ1n) is 6.26. The van der Waals surface area contributed by atoms with Gasteiger partial charge in [0.15, 0.2) is 0 Å². The summed E-state index contributed by atoms with van der Waals surface area (Å²) in [7, 11) is 10.9. The standard InChI is InChI=1S/C12H15NS7/c1-2-3-9-13-12(10-7-5-4-6-8-10)11(14)15-17-19-20-18-16-12/h4-8,13H,2-3,9H2,1H3/p+1/t12-/m1/s1. The Morgan fingerprint density at radius 3 is 2.60 bits per heavy atom. The summed E-state index contributed by atoms with van der Waals surface area (Å²) >= 11 is 5.77. The molecule has 1 aliphatic rings. The van der Waals surface area contributed by atoms with Gasteiger partial charge in [0.25, 0.3) is 0 Å². The highest BCUT2D eigenvalue weighted by Crippen LogP contribution is 2.60. The van der Waals surface area contributed by atoms with Crippen molar-refractivity contribution >= 4 is 77.3 Å². The third-order valence-corrected chi connectivity index (χ3v) is 15.1. The van der Waals surface area contributed by atoms with Crippen LogP contribution in [0.3, 0.4) is 0 Å². The lowest BCUT2D eigenvalue weighted by molar-refractivity contribution is -0.692. The van der Waals surface area contributed by atoms with Gasteiger partial charge in [0.1, 0.15) is 4.20 Å². The highest BCUT2D eigenvalue weighted by Gasteiger charge is 2.43. The van der Waals surface area contributed by atoms with Crippen LogP contribution in [0.25, 0.3) is 0 Å². The molecular weight excluding hydrogens is 383 g/mol. The normalized spacial score (nSPS) is 24.1. The van der Waals surface area contributed by atoms with Crippen LogP contribution in [-0.4, -0.2) is 10.7 Å². The number of quaternary nitrogens is 1. The van der Waals surface area contributed by atoms with Gasteiger partial charge in [-0.2, -0.15) is 0 Å². The molecule has 8 heteroatoms. The van der Waals surface area contributed by atoms with Crippen molar-refractivity contribution in [2.24, 2.45) is 0 Å². The summed E-state index contributed by atoms with van der Waals surface area (Å²) in [6, 6.07) is 10.7. The minimum Gasteiger partial charge on any atom is -0.323 e. The second-order valence-electron chi connectivity index (χ2n) is 4.17. The van der Waals surface area contributed by atoms with Crippen LogP contribution in [0.1, 0.15) is 25.3 Å². The molecule has 0 aromatic heterocycles. The number of hydrogen-bond donors (Lipinski definition) is 1. The number of rotatable bonds is 5. The summed E-state index contributed by atoms with van der Waals surface area (Å²) in [6.07, 6.45) is 2.45. The third-order valence-electron chi connectivity index (χ3n) is 2.85. The highest BCUT2D eigenvalue weighted by atomic mass is 33.9. The van der Waals surface area contributed by atoms with Gasteiger partial charge in [0.2, 0.25) is 4.87 Å². The van der Waals surface area contributed by atoms with Crippen LogP contribution in [0, 0.1) is 0 Å². The van der Waals surface area contributed by atoms with Crippen molar-refractivity contribution in [3.05, 3.63) is 35.9 Å². The summed E-state index contributed by atoms with van der Waals surface area (Å²) in [5, 5.41) is 2.43. The molecule has 0 radical (unpaired) electrons. The van der Waals surface area contributed by atoms with E-state index < -0.39 is 0 Å². The summed E-state index contributed by atoms with van der Waals surface area (Å²) in [6.45, 7) is 3.35. The fourth-order valence-corrected chi connectivity index (χ4v) is 15.5. The van der Waals surface area contributed by atoms with Crippen molar-refractivity contribution in [3.8, 4) is 0 Å². The fourth-order valence-electron chi connectivity index (χ4n) is 1.83. The molecule has 1 atom stereocenters. The Morgan fingerprint density at radius 2 is 1.85 bits per heavy atom. The van der Waals surface area contributed by atoms with Crippen LogP contribution in [-0.2, 0) is 4.87 Å². The van der Waals surface area contributed by atoms with E-state index in [4.69, 9.17) is 12.2 Å². The van der Waals surface area contributed by atoms with Crippen LogP contribution >= 0.6 is 73.1 Å². The molecule has 1 aromatic carbocycles. The molecule has 2 rings (SSSR count). The Bertz CT molecular complexity index is 427. The van der Waals surface area contributed by atoms with Crippen LogP contribution in [0.2, 0.25) is 0 Å². The molecule has 1 aliphatic heterocycles. The first kappa shape index (κ1) is 17.7. The van der Waals surface area contributed by atoms with E-state index in [1.807, 2.05) is 30.4 Å². The molecule has 110 valence electrons. The van der Waals surface area contributed by atoms with Crippen LogP contribution < -0.4 is 5.32 Å². The molecule has 0 unspecified atom stereocenters. The second kappa shape index (κ2) is 9.50. The zero-order valence-corrected chi connectivity index (χ0v) is 16.7. The van der Waals surface area contributed by atoms with Crippen molar-refractivity contribution in [3.63, 3.8) is 0 Å². The van der Waals surface area contributed by atoms with Crippen molar-refractivity contribution in [1.29, 1.82) is 0 Å². The van der Waals surface area contributed by atoms with Gasteiger partial charge >= 0.3 is 0 Å². The molecule has 2 N–H and O–H groups in total. The Morgan fingerprint density at radius 1 is 1.10 bits per heavy atom. The molecule has 0 amide bonds. The lowest BCUT2D eigenvalue weighted by Crippen LogP contribution is -2.95. The van der Waals surface area contributed by atoms with Gasteiger partial charge in [-0.05, 0) is 67.3 Å². The van der Waals surface area contributed by atoms with E-state index in [1.54, 1.807) is 30.4 Å². The van der Waals surface area contributed by atoms with E-state index in [9.17, 15) is 0 Å². The van der Waals surface area contributed by atoms with Crippen molar-refractivity contribution < 1.29 is 5.32 Å². The van der Waals surface area contributed by atoms with Gasteiger partial charge in [-0.15, -0.1) is 0 Å². The van der Waals surface area contributed by atoms with E-state index in [-0.39, 0.29) is 4.87 Å².